The van der Waals surface area contributed by atoms with Crippen LogP contribution in [-0.4, -0.2) is 5.91 Å². The normalized spacial score (nSPS) is 22.4. The Morgan fingerprint density at radius 1 is 0.846 bits per heavy atom. The van der Waals surface area contributed by atoms with Crippen LogP contribution in [0.4, 0.5) is 5.69 Å². The molecule has 2 bridgehead atoms. The lowest BCUT2D eigenvalue weighted by atomic mass is 9.59. The number of aryl methyl sites for hydroxylation is 1. The number of rotatable bonds is 2. The summed E-state index contributed by atoms with van der Waals surface area (Å²) < 4.78 is 0. The lowest BCUT2D eigenvalue weighted by Gasteiger charge is -2.44. The highest BCUT2D eigenvalue weighted by Gasteiger charge is 2.45. The van der Waals surface area contributed by atoms with Crippen LogP contribution in [0.25, 0.3) is 0 Å². The first kappa shape index (κ1) is 15.4. The van der Waals surface area contributed by atoms with Gasteiger partial charge in [-0.05, 0) is 53.3 Å². The van der Waals surface area contributed by atoms with E-state index in [2.05, 4.69) is 53.8 Å². The summed E-state index contributed by atoms with van der Waals surface area (Å²) in [6.45, 7) is 2.05. The molecule has 1 atom stereocenters. The first-order valence-electron chi connectivity index (χ1n) is 9.27. The largest absolute Gasteiger partial charge is 0.326 e. The number of nitrogens with one attached hydrogen (secondary N) is 1. The average molecular weight is 339 g/mol. The molecule has 0 aliphatic heterocycles. The third-order valence-electron chi connectivity index (χ3n) is 5.93. The van der Waals surface area contributed by atoms with E-state index in [1.165, 1.54) is 22.3 Å². The van der Waals surface area contributed by atoms with Crippen molar-refractivity contribution in [2.75, 3.05) is 5.32 Å². The molecule has 3 aromatic carbocycles. The standard InChI is InChI=1S/C24H21NO/c1-15-7-6-8-16(13-15)25-24(26)22-14-21-17-9-2-4-11-19(17)23(22)20-12-5-3-10-18(20)21/h2-13,21-23H,14H2,1H3,(H,25,26)/t21?,22-,23?/m1/s1. The van der Waals surface area contributed by atoms with Crippen molar-refractivity contribution in [1.82, 2.24) is 0 Å². The molecule has 3 aromatic rings. The molecule has 0 unspecified atom stereocenters. The van der Waals surface area contributed by atoms with Gasteiger partial charge in [-0.15, -0.1) is 0 Å². The van der Waals surface area contributed by atoms with Crippen LogP contribution in [0, 0.1) is 12.8 Å². The van der Waals surface area contributed by atoms with Gasteiger partial charge in [0.15, 0.2) is 0 Å². The van der Waals surface area contributed by atoms with Gasteiger partial charge in [-0.25, -0.2) is 0 Å². The first-order valence-corrected chi connectivity index (χ1v) is 9.27. The molecule has 2 heteroatoms. The van der Waals surface area contributed by atoms with Gasteiger partial charge in [0.25, 0.3) is 0 Å². The molecule has 128 valence electrons. The van der Waals surface area contributed by atoms with Gasteiger partial charge in [-0.2, -0.15) is 0 Å². The summed E-state index contributed by atoms with van der Waals surface area (Å²) in [6.07, 6.45) is 0.885. The SMILES string of the molecule is Cc1cccc(NC(=O)[C@@H]2CC3c4ccccc4C2c2ccccc23)c1. The minimum absolute atomic E-state index is 0.0229. The summed E-state index contributed by atoms with van der Waals surface area (Å²) in [4.78, 5) is 13.2. The van der Waals surface area contributed by atoms with E-state index in [4.69, 9.17) is 0 Å². The van der Waals surface area contributed by atoms with E-state index < -0.39 is 0 Å². The predicted octanol–water partition coefficient (Wildman–Crippen LogP) is 5.23. The van der Waals surface area contributed by atoms with E-state index in [0.717, 1.165) is 17.7 Å². The fourth-order valence-corrected chi connectivity index (χ4v) is 4.85. The maximum Gasteiger partial charge on any atom is 0.228 e. The van der Waals surface area contributed by atoms with Crippen molar-refractivity contribution < 1.29 is 4.79 Å². The van der Waals surface area contributed by atoms with Crippen molar-refractivity contribution in [3.05, 3.63) is 101 Å². The Labute approximate surface area is 153 Å². The molecule has 6 rings (SSSR count). The van der Waals surface area contributed by atoms with Gasteiger partial charge in [0.1, 0.15) is 0 Å². The van der Waals surface area contributed by atoms with Gasteiger partial charge in [0.05, 0.1) is 5.92 Å². The van der Waals surface area contributed by atoms with E-state index in [1.54, 1.807) is 0 Å². The number of amides is 1. The fourth-order valence-electron chi connectivity index (χ4n) is 4.85. The van der Waals surface area contributed by atoms with E-state index in [-0.39, 0.29) is 17.7 Å². The molecule has 3 aliphatic carbocycles. The van der Waals surface area contributed by atoms with Gasteiger partial charge in [0, 0.05) is 17.5 Å². The first-order chi connectivity index (χ1) is 12.7. The Kier molecular flexibility index (Phi) is 3.46. The van der Waals surface area contributed by atoms with Crippen LogP contribution in [0.15, 0.2) is 72.8 Å². The van der Waals surface area contributed by atoms with E-state index in [0.29, 0.717) is 5.92 Å². The molecule has 0 fully saturated rings. The Bertz CT molecular complexity index is 959. The molecule has 3 aliphatic rings. The second-order valence-corrected chi connectivity index (χ2v) is 7.49. The summed E-state index contributed by atoms with van der Waals surface area (Å²) in [5, 5.41) is 3.16. The molecule has 0 heterocycles. The summed E-state index contributed by atoms with van der Waals surface area (Å²) in [5.41, 5.74) is 7.49. The monoisotopic (exact) mass is 339 g/mol. The quantitative estimate of drug-likeness (QED) is 0.680. The number of carbonyl (C=O) groups is 1. The molecular weight excluding hydrogens is 318 g/mol. The van der Waals surface area contributed by atoms with E-state index in [9.17, 15) is 4.79 Å². The molecule has 0 aromatic heterocycles. The third-order valence-corrected chi connectivity index (χ3v) is 5.93. The molecule has 0 spiro atoms. The number of fused-ring (bicyclic) bond motifs is 1. The molecule has 26 heavy (non-hydrogen) atoms. The predicted molar refractivity (Wildman–Crippen MR) is 104 cm³/mol. The zero-order valence-electron chi connectivity index (χ0n) is 14.8. The van der Waals surface area contributed by atoms with Crippen LogP contribution in [0.2, 0.25) is 0 Å². The van der Waals surface area contributed by atoms with Crippen LogP contribution < -0.4 is 5.32 Å². The van der Waals surface area contributed by atoms with Crippen LogP contribution in [-0.2, 0) is 4.79 Å². The Morgan fingerprint density at radius 2 is 1.46 bits per heavy atom. The molecule has 1 N–H and O–H groups in total. The van der Waals surface area contributed by atoms with Crippen LogP contribution in [0.5, 0.6) is 0 Å². The Morgan fingerprint density at radius 3 is 2.08 bits per heavy atom. The maximum absolute atomic E-state index is 13.2. The number of anilines is 1. The van der Waals surface area contributed by atoms with E-state index >= 15 is 0 Å². The third kappa shape index (κ3) is 2.29. The second kappa shape index (κ2) is 5.84. The average Bonchev–Trinajstić information content (AvgIpc) is 2.68. The molecule has 1 amide bonds. The lowest BCUT2D eigenvalue weighted by Crippen LogP contribution is -2.38. The van der Waals surface area contributed by atoms with E-state index in [1.807, 2.05) is 31.2 Å². The van der Waals surface area contributed by atoms with Crippen LogP contribution in [0.1, 0.15) is 46.1 Å². The van der Waals surface area contributed by atoms with Crippen molar-refractivity contribution in [1.29, 1.82) is 0 Å². The van der Waals surface area contributed by atoms with Crippen molar-refractivity contribution >= 4 is 11.6 Å². The molecule has 0 radical (unpaired) electrons. The van der Waals surface area contributed by atoms with Crippen molar-refractivity contribution in [2.24, 2.45) is 5.92 Å². The van der Waals surface area contributed by atoms with Crippen molar-refractivity contribution in [2.45, 2.75) is 25.2 Å². The van der Waals surface area contributed by atoms with Gasteiger partial charge in [-0.1, -0.05) is 60.7 Å². The second-order valence-electron chi connectivity index (χ2n) is 7.49. The fraction of sp³-hybridized carbons (Fsp3) is 0.208. The maximum atomic E-state index is 13.2. The molecule has 2 nitrogen and oxygen atoms in total. The van der Waals surface area contributed by atoms with Crippen molar-refractivity contribution in [3.63, 3.8) is 0 Å². The number of carbonyl (C=O) groups excluding carboxylic acids is 1. The Hall–Kier alpha value is -2.87. The summed E-state index contributed by atoms with van der Waals surface area (Å²) in [5.74, 6) is 0.581. The van der Waals surface area contributed by atoms with Gasteiger partial charge in [0.2, 0.25) is 5.91 Å². The number of hydrogen-bond acceptors (Lipinski definition) is 1. The van der Waals surface area contributed by atoms with Gasteiger partial charge >= 0.3 is 0 Å². The van der Waals surface area contributed by atoms with Gasteiger partial charge < -0.3 is 5.32 Å². The minimum atomic E-state index is -0.0229. The number of hydrogen-bond donors (Lipinski definition) is 1. The van der Waals surface area contributed by atoms with Crippen LogP contribution >= 0.6 is 0 Å². The van der Waals surface area contributed by atoms with Crippen molar-refractivity contribution in [3.8, 4) is 0 Å². The number of benzene rings is 3. The van der Waals surface area contributed by atoms with Crippen LogP contribution in [0.3, 0.4) is 0 Å². The minimum Gasteiger partial charge on any atom is -0.326 e. The zero-order chi connectivity index (χ0) is 17.7. The highest BCUT2D eigenvalue weighted by molar-refractivity contribution is 5.94. The summed E-state index contributed by atoms with van der Waals surface area (Å²) >= 11 is 0. The Balaban J connectivity index is 1.55. The highest BCUT2D eigenvalue weighted by Crippen LogP contribution is 2.55. The molecular formula is C24H21NO. The topological polar surface area (TPSA) is 29.1 Å². The molecule has 0 saturated heterocycles. The summed E-state index contributed by atoms with van der Waals surface area (Å²) in [6, 6.07) is 25.3. The van der Waals surface area contributed by atoms with Gasteiger partial charge in [-0.3, -0.25) is 4.79 Å². The lowest BCUT2D eigenvalue weighted by molar-refractivity contribution is -0.121. The molecule has 0 saturated carbocycles. The smallest absolute Gasteiger partial charge is 0.228 e. The zero-order valence-corrected chi connectivity index (χ0v) is 14.8. The highest BCUT2D eigenvalue weighted by atomic mass is 16.1. The summed E-state index contributed by atoms with van der Waals surface area (Å²) in [7, 11) is 0.